The van der Waals surface area contributed by atoms with Gasteiger partial charge in [-0.3, -0.25) is 0 Å². The first-order chi connectivity index (χ1) is 4.30. The Hall–Kier alpha value is -1.52. The van der Waals surface area contributed by atoms with Crippen LogP contribution in [-0.4, -0.2) is 15.1 Å². The molecule has 0 aromatic carbocycles. The van der Waals surface area contributed by atoms with Crippen molar-refractivity contribution in [2.75, 3.05) is 0 Å². The third-order valence-corrected chi connectivity index (χ3v) is 0.704. The lowest BCUT2D eigenvalue weighted by Crippen LogP contribution is -1.91. The van der Waals surface area contributed by atoms with Crippen molar-refractivity contribution in [2.24, 2.45) is 0 Å². The molecule has 0 amide bonds. The molecule has 5 nitrogen and oxygen atoms in total. The molecule has 1 aromatic rings. The minimum Gasteiger partial charge on any atom is -0.358 e. The van der Waals surface area contributed by atoms with Crippen LogP contribution in [0, 0.1) is 16.3 Å². The highest BCUT2D eigenvalue weighted by Gasteiger charge is 2.02. The van der Waals surface area contributed by atoms with E-state index in [1.165, 1.54) is 12.1 Å². The van der Waals surface area contributed by atoms with Gasteiger partial charge in [0.15, 0.2) is 0 Å². The van der Waals surface area contributed by atoms with Crippen LogP contribution in [0.2, 0.25) is 0 Å². The highest BCUT2D eigenvalue weighted by atomic mass is 16.6. The van der Waals surface area contributed by atoms with Gasteiger partial charge in [0.1, 0.15) is 6.20 Å². The SMILES string of the molecule is O=[N+]([O-])c1cc[c]nn1. The first-order valence-electron chi connectivity index (χ1n) is 2.15. The van der Waals surface area contributed by atoms with Crippen LogP contribution in [-0.2, 0) is 0 Å². The van der Waals surface area contributed by atoms with Crippen LogP contribution in [0.3, 0.4) is 0 Å². The molecule has 0 aliphatic rings. The van der Waals surface area contributed by atoms with Crippen LogP contribution < -0.4 is 0 Å². The van der Waals surface area contributed by atoms with E-state index in [0.717, 1.165) is 0 Å². The van der Waals surface area contributed by atoms with Crippen molar-refractivity contribution in [3.05, 3.63) is 28.4 Å². The second-order valence-corrected chi connectivity index (χ2v) is 1.28. The number of hydrogen-bond acceptors (Lipinski definition) is 4. The van der Waals surface area contributed by atoms with Crippen LogP contribution in [0.4, 0.5) is 5.82 Å². The number of hydrogen-bond donors (Lipinski definition) is 0. The molecule has 0 aliphatic carbocycles. The Bertz CT molecular complexity index is 210. The predicted molar refractivity (Wildman–Crippen MR) is 27.5 cm³/mol. The molecule has 45 valence electrons. The van der Waals surface area contributed by atoms with E-state index in [-0.39, 0.29) is 5.82 Å². The van der Waals surface area contributed by atoms with Crippen molar-refractivity contribution in [3.8, 4) is 0 Å². The molecule has 0 N–H and O–H groups in total. The van der Waals surface area contributed by atoms with Gasteiger partial charge in [0.25, 0.3) is 0 Å². The lowest BCUT2D eigenvalue weighted by molar-refractivity contribution is -0.390. The second-order valence-electron chi connectivity index (χ2n) is 1.28. The molecule has 5 heteroatoms. The number of nitrogens with zero attached hydrogens (tertiary/aromatic N) is 3. The van der Waals surface area contributed by atoms with Gasteiger partial charge < -0.3 is 10.1 Å². The molecule has 1 heterocycles. The summed E-state index contributed by atoms with van der Waals surface area (Å²) in [6, 6.07) is 2.57. The fourth-order valence-electron chi connectivity index (χ4n) is 0.356. The average Bonchev–Trinajstić information content (AvgIpc) is 1.90. The van der Waals surface area contributed by atoms with Gasteiger partial charge in [-0.15, -0.1) is 0 Å². The molecule has 0 saturated heterocycles. The molecule has 1 aromatic heterocycles. The van der Waals surface area contributed by atoms with Gasteiger partial charge in [-0.2, -0.15) is 0 Å². The summed E-state index contributed by atoms with van der Waals surface area (Å²) < 4.78 is 0. The average molecular weight is 124 g/mol. The summed E-state index contributed by atoms with van der Waals surface area (Å²) in [6.45, 7) is 0. The number of aromatic nitrogens is 2. The topological polar surface area (TPSA) is 68.9 Å². The highest BCUT2D eigenvalue weighted by molar-refractivity contribution is 5.12. The minimum absolute atomic E-state index is 0.256. The zero-order chi connectivity index (χ0) is 6.69. The van der Waals surface area contributed by atoms with E-state index in [1.54, 1.807) is 0 Å². The van der Waals surface area contributed by atoms with Gasteiger partial charge in [0.2, 0.25) is 0 Å². The molecular weight excluding hydrogens is 122 g/mol. The third-order valence-electron chi connectivity index (χ3n) is 0.704. The molecular formula is C4H2N3O2. The lowest BCUT2D eigenvalue weighted by Gasteiger charge is -1.84. The van der Waals surface area contributed by atoms with Gasteiger partial charge in [-0.05, 0) is 16.1 Å². The fourth-order valence-corrected chi connectivity index (χ4v) is 0.356. The monoisotopic (exact) mass is 124 g/mol. The fraction of sp³-hybridized carbons (Fsp3) is 0. The summed E-state index contributed by atoms with van der Waals surface area (Å²) in [5.41, 5.74) is 0. The first-order valence-corrected chi connectivity index (χ1v) is 2.15. The lowest BCUT2D eigenvalue weighted by atomic mass is 10.5. The summed E-state index contributed by atoms with van der Waals surface area (Å²) in [5, 5.41) is 16.3. The van der Waals surface area contributed by atoms with E-state index < -0.39 is 4.92 Å². The van der Waals surface area contributed by atoms with E-state index in [2.05, 4.69) is 16.4 Å². The first kappa shape index (κ1) is 5.61. The van der Waals surface area contributed by atoms with Crippen LogP contribution in [0.25, 0.3) is 0 Å². The number of nitro groups is 1. The van der Waals surface area contributed by atoms with E-state index in [9.17, 15) is 10.1 Å². The van der Waals surface area contributed by atoms with Gasteiger partial charge in [-0.1, -0.05) is 0 Å². The summed E-state index contributed by atoms with van der Waals surface area (Å²) in [6.07, 6.45) is 2.32. The van der Waals surface area contributed by atoms with Gasteiger partial charge >= 0.3 is 5.82 Å². The Morgan fingerprint density at radius 3 is 2.89 bits per heavy atom. The van der Waals surface area contributed by atoms with Crippen molar-refractivity contribution in [1.82, 2.24) is 10.2 Å². The summed E-state index contributed by atoms with van der Waals surface area (Å²) in [7, 11) is 0. The molecule has 9 heavy (non-hydrogen) atoms. The standard InChI is InChI=1S/C4H2N3O2/c8-7(9)4-2-1-3-5-6-4/h1-2H. The highest BCUT2D eigenvalue weighted by Crippen LogP contribution is 1.99. The quantitative estimate of drug-likeness (QED) is 0.395. The summed E-state index contributed by atoms with van der Waals surface area (Å²) in [4.78, 5) is 9.28. The van der Waals surface area contributed by atoms with Crippen LogP contribution in [0.5, 0.6) is 0 Å². The molecule has 0 bridgehead atoms. The smallest absolute Gasteiger partial charge is 0.358 e. The maximum absolute atomic E-state index is 9.89. The maximum atomic E-state index is 9.89. The van der Waals surface area contributed by atoms with Crippen LogP contribution >= 0.6 is 0 Å². The van der Waals surface area contributed by atoms with E-state index in [1.807, 2.05) is 0 Å². The Kier molecular flexibility index (Phi) is 1.35. The van der Waals surface area contributed by atoms with Crippen molar-refractivity contribution < 1.29 is 4.92 Å². The molecule has 0 aliphatic heterocycles. The predicted octanol–water partition coefficient (Wildman–Crippen LogP) is 0.185. The van der Waals surface area contributed by atoms with E-state index >= 15 is 0 Å². The molecule has 0 atom stereocenters. The molecule has 0 saturated carbocycles. The molecule has 1 rings (SSSR count). The summed E-state index contributed by atoms with van der Waals surface area (Å²) >= 11 is 0. The molecule has 0 unspecified atom stereocenters. The van der Waals surface area contributed by atoms with Crippen LogP contribution in [0.1, 0.15) is 0 Å². The molecule has 0 fully saturated rings. The van der Waals surface area contributed by atoms with Crippen LogP contribution in [0.15, 0.2) is 12.1 Å². The van der Waals surface area contributed by atoms with Gasteiger partial charge in [0, 0.05) is 6.07 Å². The van der Waals surface area contributed by atoms with Gasteiger partial charge in [-0.25, -0.2) is 0 Å². The normalized spacial score (nSPS) is 8.89. The Balaban J connectivity index is 2.98. The molecule has 0 spiro atoms. The summed E-state index contributed by atoms with van der Waals surface area (Å²) in [5.74, 6) is -0.256. The maximum Gasteiger partial charge on any atom is 0.390 e. The third kappa shape index (κ3) is 1.18. The van der Waals surface area contributed by atoms with Crippen molar-refractivity contribution in [2.45, 2.75) is 0 Å². The molecule has 1 radical (unpaired) electrons. The van der Waals surface area contributed by atoms with Crippen molar-refractivity contribution in [3.63, 3.8) is 0 Å². The van der Waals surface area contributed by atoms with Crippen molar-refractivity contribution >= 4 is 5.82 Å². The zero-order valence-electron chi connectivity index (χ0n) is 4.31. The van der Waals surface area contributed by atoms with E-state index in [0.29, 0.717) is 0 Å². The second kappa shape index (κ2) is 2.17. The minimum atomic E-state index is -0.610. The van der Waals surface area contributed by atoms with Crippen molar-refractivity contribution in [1.29, 1.82) is 0 Å². The van der Waals surface area contributed by atoms with Gasteiger partial charge in [0.05, 0.1) is 5.10 Å². The Morgan fingerprint density at radius 2 is 2.56 bits per heavy atom. The van der Waals surface area contributed by atoms with E-state index in [4.69, 9.17) is 0 Å². The Labute approximate surface area is 50.5 Å². The largest absolute Gasteiger partial charge is 0.390 e. The Morgan fingerprint density at radius 1 is 1.78 bits per heavy atom. The number of rotatable bonds is 1. The zero-order valence-corrected chi connectivity index (χ0v) is 4.31.